The largest absolute Gasteiger partial charge is 0.316 e. The molecular weight excluding hydrogens is 124 g/mol. The summed E-state index contributed by atoms with van der Waals surface area (Å²) >= 11 is 0. The molecule has 1 aliphatic heterocycles. The van der Waals surface area contributed by atoms with E-state index in [-0.39, 0.29) is 0 Å². The lowest BCUT2D eigenvalue weighted by atomic mass is 9.91. The van der Waals surface area contributed by atoms with E-state index in [1.54, 1.807) is 0 Å². The average Bonchev–Trinajstić information content (AvgIpc) is 2.12. The van der Waals surface area contributed by atoms with Crippen molar-refractivity contribution in [3.8, 4) is 0 Å². The maximum atomic E-state index is 5.92. The SMILES string of the molecule is NC1CCCN1C1CCC1. The molecule has 0 aromatic heterocycles. The van der Waals surface area contributed by atoms with E-state index in [1.807, 2.05) is 0 Å². The van der Waals surface area contributed by atoms with Crippen molar-refractivity contribution in [1.29, 1.82) is 0 Å². The number of nitrogens with zero attached hydrogens (tertiary/aromatic N) is 1. The molecule has 1 aliphatic carbocycles. The first kappa shape index (κ1) is 6.62. The second-order valence-electron chi connectivity index (χ2n) is 3.53. The predicted molar refractivity (Wildman–Crippen MR) is 41.6 cm³/mol. The Morgan fingerprint density at radius 2 is 1.90 bits per heavy atom. The molecule has 0 spiro atoms. The maximum Gasteiger partial charge on any atom is 0.0574 e. The molecule has 0 amide bonds. The molecule has 2 aliphatic rings. The highest BCUT2D eigenvalue weighted by Crippen LogP contribution is 2.29. The highest BCUT2D eigenvalue weighted by Gasteiger charge is 2.31. The van der Waals surface area contributed by atoms with Gasteiger partial charge in [-0.2, -0.15) is 0 Å². The second kappa shape index (κ2) is 2.51. The van der Waals surface area contributed by atoms with Gasteiger partial charge in [0.2, 0.25) is 0 Å². The van der Waals surface area contributed by atoms with Crippen molar-refractivity contribution in [3.05, 3.63) is 0 Å². The summed E-state index contributed by atoms with van der Waals surface area (Å²) in [6.45, 7) is 1.26. The van der Waals surface area contributed by atoms with Crippen LogP contribution in [0.3, 0.4) is 0 Å². The van der Waals surface area contributed by atoms with Crippen molar-refractivity contribution in [2.75, 3.05) is 6.54 Å². The zero-order valence-electron chi connectivity index (χ0n) is 6.42. The number of rotatable bonds is 1. The minimum atomic E-state index is 0.394. The van der Waals surface area contributed by atoms with Crippen LogP contribution < -0.4 is 5.73 Å². The number of nitrogens with two attached hydrogens (primary N) is 1. The van der Waals surface area contributed by atoms with E-state index in [4.69, 9.17) is 5.73 Å². The molecule has 1 atom stereocenters. The van der Waals surface area contributed by atoms with Gasteiger partial charge in [0.15, 0.2) is 0 Å². The van der Waals surface area contributed by atoms with Crippen LogP contribution in [0, 0.1) is 0 Å². The molecule has 1 heterocycles. The van der Waals surface area contributed by atoms with Crippen LogP contribution in [0.1, 0.15) is 32.1 Å². The molecule has 0 aromatic carbocycles. The smallest absolute Gasteiger partial charge is 0.0574 e. The third kappa shape index (κ3) is 0.956. The molecule has 1 saturated carbocycles. The van der Waals surface area contributed by atoms with Gasteiger partial charge >= 0.3 is 0 Å². The van der Waals surface area contributed by atoms with E-state index < -0.39 is 0 Å². The molecular formula is C8H16N2. The molecule has 1 saturated heterocycles. The summed E-state index contributed by atoms with van der Waals surface area (Å²) in [5, 5.41) is 0. The first-order chi connectivity index (χ1) is 4.88. The van der Waals surface area contributed by atoms with Crippen LogP contribution in [-0.4, -0.2) is 23.7 Å². The lowest BCUT2D eigenvalue weighted by molar-refractivity contribution is 0.117. The fourth-order valence-electron chi connectivity index (χ4n) is 1.99. The summed E-state index contributed by atoms with van der Waals surface area (Å²) in [6.07, 6.45) is 7.15. The second-order valence-corrected chi connectivity index (χ2v) is 3.53. The Labute approximate surface area is 62.4 Å². The first-order valence-corrected chi connectivity index (χ1v) is 4.39. The predicted octanol–water partition coefficient (Wildman–Crippen LogP) is 0.919. The van der Waals surface area contributed by atoms with Crippen molar-refractivity contribution in [2.24, 2.45) is 5.73 Å². The Kier molecular flexibility index (Phi) is 1.66. The molecule has 10 heavy (non-hydrogen) atoms. The Bertz CT molecular complexity index is 120. The van der Waals surface area contributed by atoms with Crippen LogP contribution in [0.2, 0.25) is 0 Å². The van der Waals surface area contributed by atoms with Crippen molar-refractivity contribution >= 4 is 0 Å². The first-order valence-electron chi connectivity index (χ1n) is 4.39. The summed E-state index contributed by atoms with van der Waals surface area (Å²) in [6, 6.07) is 0.859. The number of hydrogen-bond acceptors (Lipinski definition) is 2. The molecule has 2 heteroatoms. The van der Waals surface area contributed by atoms with E-state index in [0.29, 0.717) is 6.17 Å². The van der Waals surface area contributed by atoms with E-state index in [9.17, 15) is 0 Å². The van der Waals surface area contributed by atoms with Crippen LogP contribution in [0.5, 0.6) is 0 Å². The Hall–Kier alpha value is -0.0800. The van der Waals surface area contributed by atoms with E-state index >= 15 is 0 Å². The molecule has 0 bridgehead atoms. The summed E-state index contributed by atoms with van der Waals surface area (Å²) in [7, 11) is 0. The van der Waals surface area contributed by atoms with Gasteiger partial charge in [0.1, 0.15) is 0 Å². The molecule has 2 fully saturated rings. The highest BCUT2D eigenvalue weighted by molar-refractivity contribution is 4.86. The Morgan fingerprint density at radius 1 is 1.10 bits per heavy atom. The fraction of sp³-hybridized carbons (Fsp3) is 1.00. The van der Waals surface area contributed by atoms with Gasteiger partial charge in [0.05, 0.1) is 6.17 Å². The Balaban J connectivity index is 1.90. The third-order valence-corrected chi connectivity index (χ3v) is 2.89. The molecule has 2 rings (SSSR count). The molecule has 1 unspecified atom stereocenters. The zero-order valence-corrected chi connectivity index (χ0v) is 6.42. The molecule has 58 valence electrons. The summed E-state index contributed by atoms with van der Waals surface area (Å²) in [5.74, 6) is 0. The lowest BCUT2D eigenvalue weighted by Crippen LogP contribution is -2.46. The quantitative estimate of drug-likeness (QED) is 0.587. The molecule has 2 nitrogen and oxygen atoms in total. The number of hydrogen-bond donors (Lipinski definition) is 1. The van der Waals surface area contributed by atoms with Gasteiger partial charge < -0.3 is 5.73 Å². The summed E-state index contributed by atoms with van der Waals surface area (Å²) in [4.78, 5) is 2.49. The standard InChI is InChI=1S/C8H16N2/c9-8-5-2-6-10(8)7-3-1-4-7/h7-8H,1-6,9H2. The van der Waals surface area contributed by atoms with Gasteiger partial charge in [-0.05, 0) is 25.7 Å². The normalized spacial score (nSPS) is 36.3. The highest BCUT2D eigenvalue weighted by atomic mass is 15.3. The average molecular weight is 140 g/mol. The van der Waals surface area contributed by atoms with E-state index in [0.717, 1.165) is 6.04 Å². The van der Waals surface area contributed by atoms with Gasteiger partial charge in [0, 0.05) is 12.6 Å². The van der Waals surface area contributed by atoms with E-state index in [1.165, 1.54) is 38.6 Å². The molecule has 2 N–H and O–H groups in total. The van der Waals surface area contributed by atoms with E-state index in [2.05, 4.69) is 4.90 Å². The van der Waals surface area contributed by atoms with Crippen LogP contribution in [-0.2, 0) is 0 Å². The van der Waals surface area contributed by atoms with Crippen molar-refractivity contribution < 1.29 is 0 Å². The summed E-state index contributed by atoms with van der Waals surface area (Å²) < 4.78 is 0. The zero-order chi connectivity index (χ0) is 6.97. The minimum Gasteiger partial charge on any atom is -0.316 e. The van der Waals surface area contributed by atoms with Crippen LogP contribution >= 0.6 is 0 Å². The van der Waals surface area contributed by atoms with Gasteiger partial charge in [-0.1, -0.05) is 6.42 Å². The maximum absolute atomic E-state index is 5.92. The van der Waals surface area contributed by atoms with Crippen LogP contribution in [0.25, 0.3) is 0 Å². The van der Waals surface area contributed by atoms with Gasteiger partial charge in [0.25, 0.3) is 0 Å². The third-order valence-electron chi connectivity index (χ3n) is 2.89. The lowest BCUT2D eigenvalue weighted by Gasteiger charge is -2.37. The van der Waals surface area contributed by atoms with Crippen molar-refractivity contribution in [3.63, 3.8) is 0 Å². The fourth-order valence-corrected chi connectivity index (χ4v) is 1.99. The minimum absolute atomic E-state index is 0.394. The van der Waals surface area contributed by atoms with Crippen LogP contribution in [0.15, 0.2) is 0 Å². The van der Waals surface area contributed by atoms with Crippen molar-refractivity contribution in [2.45, 2.75) is 44.3 Å². The van der Waals surface area contributed by atoms with Gasteiger partial charge in [-0.25, -0.2) is 0 Å². The Morgan fingerprint density at radius 3 is 2.30 bits per heavy atom. The van der Waals surface area contributed by atoms with Gasteiger partial charge in [-0.3, -0.25) is 4.90 Å². The molecule has 0 radical (unpaired) electrons. The number of likely N-dealkylation sites (tertiary alicyclic amines) is 1. The van der Waals surface area contributed by atoms with Crippen LogP contribution in [0.4, 0.5) is 0 Å². The summed E-state index contributed by atoms with van der Waals surface area (Å²) in [5.41, 5.74) is 5.92. The van der Waals surface area contributed by atoms with Gasteiger partial charge in [-0.15, -0.1) is 0 Å². The molecule has 0 aromatic rings. The topological polar surface area (TPSA) is 29.3 Å². The van der Waals surface area contributed by atoms with Crippen molar-refractivity contribution in [1.82, 2.24) is 4.90 Å². The monoisotopic (exact) mass is 140 g/mol.